The van der Waals surface area contributed by atoms with Gasteiger partial charge in [0.05, 0.1) is 21.8 Å². The van der Waals surface area contributed by atoms with Crippen LogP contribution in [0.1, 0.15) is 42.3 Å². The first kappa shape index (κ1) is 19.4. The van der Waals surface area contributed by atoms with E-state index in [0.717, 1.165) is 47.0 Å². The first-order valence-corrected chi connectivity index (χ1v) is 10.9. The van der Waals surface area contributed by atoms with E-state index in [1.165, 1.54) is 4.70 Å². The van der Waals surface area contributed by atoms with Crippen LogP contribution in [0, 0.1) is 0 Å². The van der Waals surface area contributed by atoms with Crippen molar-refractivity contribution in [2.45, 2.75) is 31.7 Å². The third-order valence-electron chi connectivity index (χ3n) is 5.36. The van der Waals surface area contributed by atoms with Crippen LogP contribution in [0.4, 0.5) is 0 Å². The van der Waals surface area contributed by atoms with E-state index in [1.54, 1.807) is 11.3 Å². The minimum Gasteiger partial charge on any atom is -0.341 e. The first-order chi connectivity index (χ1) is 13.6. The highest BCUT2D eigenvalue weighted by Crippen LogP contribution is 2.33. The number of hydrogen-bond donors (Lipinski definition) is 1. The van der Waals surface area contributed by atoms with Crippen LogP contribution >= 0.6 is 22.9 Å². The Balaban J connectivity index is 1.37. The molecule has 0 aliphatic carbocycles. The van der Waals surface area contributed by atoms with Crippen LogP contribution in [-0.4, -0.2) is 35.4 Å². The van der Waals surface area contributed by atoms with Gasteiger partial charge in [-0.05, 0) is 43.5 Å². The molecule has 1 aliphatic rings. The van der Waals surface area contributed by atoms with Crippen molar-refractivity contribution in [1.29, 1.82) is 0 Å². The number of benzene rings is 2. The molecule has 3 aromatic rings. The Morgan fingerprint density at radius 1 is 1.29 bits per heavy atom. The van der Waals surface area contributed by atoms with Crippen molar-refractivity contribution >= 4 is 39.1 Å². The number of thiazole rings is 1. The Bertz CT molecular complexity index is 940. The number of carbonyl (C=O) groups excluding carboxylic acids is 1. The molecule has 1 saturated heterocycles. The molecule has 4 nitrogen and oxygen atoms in total. The van der Waals surface area contributed by atoms with E-state index < -0.39 is 0 Å². The highest BCUT2D eigenvalue weighted by molar-refractivity contribution is 7.18. The van der Waals surface area contributed by atoms with Crippen molar-refractivity contribution < 1.29 is 4.79 Å². The Morgan fingerprint density at radius 3 is 2.89 bits per heavy atom. The van der Waals surface area contributed by atoms with Gasteiger partial charge in [0, 0.05) is 30.1 Å². The first-order valence-electron chi connectivity index (χ1n) is 9.73. The van der Waals surface area contributed by atoms with E-state index in [0.29, 0.717) is 12.5 Å². The second kappa shape index (κ2) is 8.60. The van der Waals surface area contributed by atoms with E-state index in [2.05, 4.69) is 17.4 Å². The highest BCUT2D eigenvalue weighted by atomic mass is 35.5. The number of halogens is 1. The van der Waals surface area contributed by atoms with Crippen molar-refractivity contribution in [3.63, 3.8) is 0 Å². The molecule has 4 rings (SSSR count). The number of hydrogen-bond acceptors (Lipinski definition) is 4. The summed E-state index contributed by atoms with van der Waals surface area (Å²) in [7, 11) is 0. The van der Waals surface area contributed by atoms with Gasteiger partial charge in [-0.1, -0.05) is 41.9 Å². The lowest BCUT2D eigenvalue weighted by molar-refractivity contribution is -0.131. The van der Waals surface area contributed by atoms with Gasteiger partial charge in [-0.3, -0.25) is 4.79 Å². The number of amides is 1. The number of carbonyl (C=O) groups is 1. The maximum absolute atomic E-state index is 12.8. The molecule has 0 spiro atoms. The molecule has 0 radical (unpaired) electrons. The summed E-state index contributed by atoms with van der Waals surface area (Å²) < 4.78 is 1.22. The zero-order valence-electron chi connectivity index (χ0n) is 15.9. The second-order valence-corrected chi connectivity index (χ2v) is 8.79. The fourth-order valence-corrected chi connectivity index (χ4v) is 5.15. The highest BCUT2D eigenvalue weighted by Gasteiger charge is 2.27. The van der Waals surface area contributed by atoms with Gasteiger partial charge in [0.15, 0.2) is 0 Å². The summed E-state index contributed by atoms with van der Waals surface area (Å²) in [5.41, 5.74) is 2.07. The molecule has 1 N–H and O–H groups in total. The molecular formula is C22H24ClN3OS. The largest absolute Gasteiger partial charge is 0.341 e. The summed E-state index contributed by atoms with van der Waals surface area (Å²) in [4.78, 5) is 19.6. The lowest BCUT2D eigenvalue weighted by atomic mass is 9.98. The average molecular weight is 414 g/mol. The molecule has 1 amide bonds. The van der Waals surface area contributed by atoms with E-state index >= 15 is 0 Å². The van der Waals surface area contributed by atoms with Gasteiger partial charge in [-0.2, -0.15) is 0 Å². The van der Waals surface area contributed by atoms with Crippen LogP contribution in [-0.2, 0) is 4.79 Å². The zero-order chi connectivity index (χ0) is 19.5. The normalized spacial score (nSPS) is 18.4. The minimum atomic E-state index is 0.0301. The molecule has 2 atom stereocenters. The molecule has 0 saturated carbocycles. The standard InChI is InChI=1S/C22H24ClN3OS/c1-15(17-8-2-3-9-18(17)23)24-13-21(27)26-12-6-7-16(14-26)22-25-19-10-4-5-11-20(19)28-22/h2-5,8-11,15-16,24H,6-7,12-14H2,1H3/t15-,16-/m0/s1. The van der Waals surface area contributed by atoms with Crippen LogP contribution in [0.2, 0.25) is 5.02 Å². The molecule has 1 fully saturated rings. The summed E-state index contributed by atoms with van der Waals surface area (Å²) in [6.07, 6.45) is 2.11. The van der Waals surface area contributed by atoms with Gasteiger partial charge in [-0.25, -0.2) is 4.98 Å². The van der Waals surface area contributed by atoms with Crippen LogP contribution in [0.25, 0.3) is 10.2 Å². The van der Waals surface area contributed by atoms with Crippen molar-refractivity contribution in [2.24, 2.45) is 0 Å². The minimum absolute atomic E-state index is 0.0301. The van der Waals surface area contributed by atoms with Crippen LogP contribution in [0.15, 0.2) is 48.5 Å². The molecular weight excluding hydrogens is 390 g/mol. The van der Waals surface area contributed by atoms with Gasteiger partial charge in [-0.15, -0.1) is 11.3 Å². The number of para-hydroxylation sites is 1. The average Bonchev–Trinajstić information content (AvgIpc) is 3.16. The lowest BCUT2D eigenvalue weighted by Crippen LogP contribution is -2.43. The maximum atomic E-state index is 12.8. The predicted octanol–water partition coefficient (Wildman–Crippen LogP) is 5.01. The van der Waals surface area contributed by atoms with Crippen molar-refractivity contribution in [3.8, 4) is 0 Å². The van der Waals surface area contributed by atoms with E-state index in [1.807, 2.05) is 48.2 Å². The van der Waals surface area contributed by atoms with Gasteiger partial charge < -0.3 is 10.2 Å². The van der Waals surface area contributed by atoms with Gasteiger partial charge in [0.25, 0.3) is 0 Å². The summed E-state index contributed by atoms with van der Waals surface area (Å²) in [6.45, 7) is 3.93. The molecule has 146 valence electrons. The van der Waals surface area contributed by atoms with Crippen LogP contribution in [0.5, 0.6) is 0 Å². The van der Waals surface area contributed by atoms with Crippen LogP contribution in [0.3, 0.4) is 0 Å². The molecule has 0 bridgehead atoms. The number of likely N-dealkylation sites (tertiary alicyclic amines) is 1. The molecule has 6 heteroatoms. The number of nitrogens with one attached hydrogen (secondary N) is 1. The third kappa shape index (κ3) is 4.22. The molecule has 28 heavy (non-hydrogen) atoms. The SMILES string of the molecule is C[C@H](NCC(=O)N1CCC[C@H](c2nc3ccccc3s2)C1)c1ccccc1Cl. The maximum Gasteiger partial charge on any atom is 0.236 e. The topological polar surface area (TPSA) is 45.2 Å². The number of piperidine rings is 1. The molecule has 1 aromatic heterocycles. The van der Waals surface area contributed by atoms with E-state index in [9.17, 15) is 4.79 Å². The number of aromatic nitrogens is 1. The van der Waals surface area contributed by atoms with Crippen molar-refractivity contribution in [3.05, 3.63) is 64.1 Å². The molecule has 0 unspecified atom stereocenters. The van der Waals surface area contributed by atoms with E-state index in [4.69, 9.17) is 16.6 Å². The van der Waals surface area contributed by atoms with Gasteiger partial charge >= 0.3 is 0 Å². The molecule has 1 aliphatic heterocycles. The Labute approximate surface area is 174 Å². The zero-order valence-corrected chi connectivity index (χ0v) is 17.5. The molecule has 2 aromatic carbocycles. The predicted molar refractivity (Wildman–Crippen MR) is 116 cm³/mol. The van der Waals surface area contributed by atoms with Gasteiger partial charge in [0.1, 0.15) is 0 Å². The third-order valence-corrected chi connectivity index (χ3v) is 6.91. The smallest absolute Gasteiger partial charge is 0.236 e. The number of nitrogens with zero attached hydrogens (tertiary/aromatic N) is 2. The monoisotopic (exact) mass is 413 g/mol. The summed E-state index contributed by atoms with van der Waals surface area (Å²) >= 11 is 8.02. The van der Waals surface area contributed by atoms with Gasteiger partial charge in [0.2, 0.25) is 5.91 Å². The second-order valence-electron chi connectivity index (χ2n) is 7.32. The lowest BCUT2D eigenvalue weighted by Gasteiger charge is -2.32. The van der Waals surface area contributed by atoms with Crippen molar-refractivity contribution in [1.82, 2.24) is 15.2 Å². The van der Waals surface area contributed by atoms with E-state index in [-0.39, 0.29) is 11.9 Å². The Kier molecular flexibility index (Phi) is 5.95. The quantitative estimate of drug-likeness (QED) is 0.639. The summed E-state index contributed by atoms with van der Waals surface area (Å²) in [6, 6.07) is 16.0. The number of fused-ring (bicyclic) bond motifs is 1. The Hall–Kier alpha value is -1.95. The fraction of sp³-hybridized carbons (Fsp3) is 0.364. The molecule has 2 heterocycles. The summed E-state index contributed by atoms with van der Waals surface area (Å²) in [5, 5.41) is 5.20. The number of rotatable bonds is 5. The van der Waals surface area contributed by atoms with Crippen LogP contribution < -0.4 is 5.32 Å². The van der Waals surface area contributed by atoms with Crippen molar-refractivity contribution in [2.75, 3.05) is 19.6 Å². The Morgan fingerprint density at radius 2 is 2.07 bits per heavy atom. The fourth-order valence-electron chi connectivity index (χ4n) is 3.76. The summed E-state index contributed by atoms with van der Waals surface area (Å²) in [5.74, 6) is 0.473.